The van der Waals surface area contributed by atoms with Crippen molar-refractivity contribution in [2.24, 2.45) is 0 Å². The van der Waals surface area contributed by atoms with E-state index in [0.717, 1.165) is 15.0 Å². The lowest BCUT2D eigenvalue weighted by Crippen LogP contribution is -2.19. The zero-order valence-electron chi connectivity index (χ0n) is 10.5. The number of ether oxygens (including phenoxy) is 1. The number of nitrogens with one attached hydrogen (secondary N) is 1. The first-order valence-electron chi connectivity index (χ1n) is 5.81. The van der Waals surface area contributed by atoms with Crippen molar-refractivity contribution < 1.29 is 17.9 Å². The van der Waals surface area contributed by atoms with Crippen molar-refractivity contribution in [2.75, 3.05) is 11.9 Å². The summed E-state index contributed by atoms with van der Waals surface area (Å²) in [6.07, 6.45) is -4.33. The number of rotatable bonds is 5. The van der Waals surface area contributed by atoms with Crippen LogP contribution in [-0.4, -0.2) is 12.8 Å². The second-order valence-electron chi connectivity index (χ2n) is 4.12. The van der Waals surface area contributed by atoms with Crippen LogP contribution in [-0.2, 0) is 6.54 Å². The largest absolute Gasteiger partial charge is 0.484 e. The quantitative estimate of drug-likeness (QED) is 0.693. The minimum atomic E-state index is -4.33. The van der Waals surface area contributed by atoms with Gasteiger partial charge in [-0.15, -0.1) is 11.3 Å². The molecule has 0 saturated carbocycles. The molecule has 1 N–H and O–H groups in total. The SMILES string of the molecule is FC(F)(F)COc1ccc(NCc2cc(Br)c(Cl)s2)cc1. The molecule has 0 atom stereocenters. The van der Waals surface area contributed by atoms with Gasteiger partial charge < -0.3 is 10.1 Å². The summed E-state index contributed by atoms with van der Waals surface area (Å²) in [5.41, 5.74) is 0.787. The van der Waals surface area contributed by atoms with Crippen LogP contribution in [0.1, 0.15) is 4.88 Å². The summed E-state index contributed by atoms with van der Waals surface area (Å²) < 4.78 is 42.2. The maximum absolute atomic E-state index is 12.0. The molecule has 8 heteroatoms. The fraction of sp³-hybridized carbons (Fsp3) is 0.231. The number of benzene rings is 1. The fourth-order valence-corrected chi connectivity index (χ4v) is 3.23. The molecule has 0 bridgehead atoms. The molecule has 0 aliphatic heterocycles. The molecule has 1 aromatic carbocycles. The topological polar surface area (TPSA) is 21.3 Å². The lowest BCUT2D eigenvalue weighted by molar-refractivity contribution is -0.153. The third-order valence-corrected chi connectivity index (χ3v) is 4.89. The van der Waals surface area contributed by atoms with Gasteiger partial charge in [0.05, 0.1) is 0 Å². The van der Waals surface area contributed by atoms with Gasteiger partial charge in [0, 0.05) is 21.6 Å². The zero-order chi connectivity index (χ0) is 15.5. The molecule has 0 saturated heterocycles. The predicted octanol–water partition coefficient (Wildman–Crippen LogP) is 5.72. The third-order valence-electron chi connectivity index (χ3n) is 2.42. The molecule has 2 rings (SSSR count). The summed E-state index contributed by atoms with van der Waals surface area (Å²) in [5.74, 6) is 0.180. The van der Waals surface area contributed by atoms with Crippen molar-refractivity contribution in [3.8, 4) is 5.75 Å². The molecule has 2 aromatic rings. The van der Waals surface area contributed by atoms with Gasteiger partial charge in [0.15, 0.2) is 6.61 Å². The molecule has 0 radical (unpaired) electrons. The monoisotopic (exact) mass is 399 g/mol. The highest BCUT2D eigenvalue weighted by Crippen LogP contribution is 2.32. The highest BCUT2D eigenvalue weighted by atomic mass is 79.9. The Morgan fingerprint density at radius 3 is 2.43 bits per heavy atom. The van der Waals surface area contributed by atoms with Crippen molar-refractivity contribution in [1.82, 2.24) is 0 Å². The number of hydrogen-bond acceptors (Lipinski definition) is 3. The average Bonchev–Trinajstić information content (AvgIpc) is 2.74. The van der Waals surface area contributed by atoms with Crippen molar-refractivity contribution in [1.29, 1.82) is 0 Å². The molecule has 1 aromatic heterocycles. The maximum Gasteiger partial charge on any atom is 0.422 e. The van der Waals surface area contributed by atoms with Crippen LogP contribution < -0.4 is 10.1 Å². The van der Waals surface area contributed by atoms with Gasteiger partial charge in [-0.3, -0.25) is 0 Å². The number of alkyl halides is 3. The molecule has 0 amide bonds. The normalized spacial score (nSPS) is 11.5. The first-order valence-corrected chi connectivity index (χ1v) is 7.79. The van der Waals surface area contributed by atoms with Crippen molar-refractivity contribution in [2.45, 2.75) is 12.7 Å². The van der Waals surface area contributed by atoms with Gasteiger partial charge in [0.2, 0.25) is 0 Å². The van der Waals surface area contributed by atoms with Crippen LogP contribution in [0.2, 0.25) is 4.34 Å². The molecular formula is C13H10BrClF3NOS. The Balaban J connectivity index is 1.87. The summed E-state index contributed by atoms with van der Waals surface area (Å²) in [6, 6.07) is 8.23. The van der Waals surface area contributed by atoms with Gasteiger partial charge in [0.25, 0.3) is 0 Å². The Morgan fingerprint density at radius 2 is 1.90 bits per heavy atom. The number of halogens is 5. The van der Waals surface area contributed by atoms with Gasteiger partial charge in [-0.05, 0) is 46.3 Å². The Hall–Kier alpha value is -0.920. The van der Waals surface area contributed by atoms with E-state index < -0.39 is 12.8 Å². The van der Waals surface area contributed by atoms with Crippen LogP contribution in [0.5, 0.6) is 5.75 Å². The summed E-state index contributed by atoms with van der Waals surface area (Å²) >= 11 is 10.7. The molecule has 0 aliphatic rings. The fourth-order valence-electron chi connectivity index (χ4n) is 1.50. The maximum atomic E-state index is 12.0. The molecule has 1 heterocycles. The molecule has 0 unspecified atom stereocenters. The van der Waals surface area contributed by atoms with E-state index in [-0.39, 0.29) is 5.75 Å². The second-order valence-corrected chi connectivity index (χ2v) is 6.71. The first kappa shape index (κ1) is 16.5. The second kappa shape index (κ2) is 6.89. The number of hydrogen-bond donors (Lipinski definition) is 1. The van der Waals surface area contributed by atoms with Crippen LogP contribution in [0.3, 0.4) is 0 Å². The minimum absolute atomic E-state index is 0.180. The van der Waals surface area contributed by atoms with Gasteiger partial charge in [-0.1, -0.05) is 11.6 Å². The van der Waals surface area contributed by atoms with Gasteiger partial charge in [-0.25, -0.2) is 0 Å². The van der Waals surface area contributed by atoms with Crippen LogP contribution in [0.15, 0.2) is 34.8 Å². The smallest absolute Gasteiger partial charge is 0.422 e. The van der Waals surface area contributed by atoms with E-state index >= 15 is 0 Å². The molecule has 2 nitrogen and oxygen atoms in total. The molecule has 0 spiro atoms. The van der Waals surface area contributed by atoms with Crippen LogP contribution >= 0.6 is 38.9 Å². The van der Waals surface area contributed by atoms with Crippen LogP contribution in [0, 0.1) is 0 Å². The van der Waals surface area contributed by atoms with Gasteiger partial charge in [-0.2, -0.15) is 13.2 Å². The average molecular weight is 401 g/mol. The minimum Gasteiger partial charge on any atom is -0.484 e. The van der Waals surface area contributed by atoms with E-state index in [0.29, 0.717) is 10.9 Å². The van der Waals surface area contributed by atoms with Crippen LogP contribution in [0.4, 0.5) is 18.9 Å². The summed E-state index contributed by atoms with van der Waals surface area (Å²) in [4.78, 5) is 1.05. The molecule has 0 fully saturated rings. The summed E-state index contributed by atoms with van der Waals surface area (Å²) in [5, 5.41) is 3.15. The number of thiophene rings is 1. The third kappa shape index (κ3) is 5.41. The van der Waals surface area contributed by atoms with Gasteiger partial charge >= 0.3 is 6.18 Å². The van der Waals surface area contributed by atoms with E-state index in [2.05, 4.69) is 26.0 Å². The van der Waals surface area contributed by atoms with E-state index in [9.17, 15) is 13.2 Å². The Kier molecular flexibility index (Phi) is 5.40. The predicted molar refractivity (Wildman–Crippen MR) is 82.3 cm³/mol. The summed E-state index contributed by atoms with van der Waals surface area (Å²) in [7, 11) is 0. The Morgan fingerprint density at radius 1 is 1.24 bits per heavy atom. The molecule has 0 aliphatic carbocycles. The highest BCUT2D eigenvalue weighted by molar-refractivity contribution is 9.10. The van der Waals surface area contributed by atoms with Gasteiger partial charge in [0.1, 0.15) is 10.1 Å². The zero-order valence-corrected chi connectivity index (χ0v) is 13.7. The standard InChI is InChI=1S/C13H10BrClF3NOS/c14-11-5-10(21-12(11)15)6-19-8-1-3-9(4-2-8)20-7-13(16,17)18/h1-5,19H,6-7H2. The van der Waals surface area contributed by atoms with E-state index in [1.807, 2.05) is 6.07 Å². The van der Waals surface area contributed by atoms with Crippen molar-refractivity contribution in [3.63, 3.8) is 0 Å². The highest BCUT2D eigenvalue weighted by Gasteiger charge is 2.28. The lowest BCUT2D eigenvalue weighted by Gasteiger charge is -2.10. The summed E-state index contributed by atoms with van der Waals surface area (Å²) in [6.45, 7) is -0.708. The number of anilines is 1. The van der Waals surface area contributed by atoms with Crippen molar-refractivity contribution in [3.05, 3.63) is 44.0 Å². The molecule has 114 valence electrons. The first-order chi connectivity index (χ1) is 9.83. The van der Waals surface area contributed by atoms with E-state index in [1.165, 1.54) is 23.5 Å². The van der Waals surface area contributed by atoms with E-state index in [1.54, 1.807) is 12.1 Å². The lowest BCUT2D eigenvalue weighted by atomic mass is 10.3. The molecule has 21 heavy (non-hydrogen) atoms. The van der Waals surface area contributed by atoms with Crippen LogP contribution in [0.25, 0.3) is 0 Å². The van der Waals surface area contributed by atoms with E-state index in [4.69, 9.17) is 11.6 Å². The van der Waals surface area contributed by atoms with Crippen molar-refractivity contribution >= 4 is 44.6 Å². The Labute approximate surface area is 137 Å². The Bertz CT molecular complexity index is 581. The molecular weight excluding hydrogens is 391 g/mol.